The van der Waals surface area contributed by atoms with Crippen LogP contribution in [0.25, 0.3) is 11.3 Å². The van der Waals surface area contributed by atoms with Crippen molar-refractivity contribution in [2.75, 3.05) is 7.11 Å². The van der Waals surface area contributed by atoms with Gasteiger partial charge in [0.1, 0.15) is 5.69 Å². The van der Waals surface area contributed by atoms with Crippen molar-refractivity contribution in [3.8, 4) is 11.3 Å². The number of carboxylic acid groups (broad SMARTS) is 1. The lowest BCUT2D eigenvalue weighted by Crippen LogP contribution is -2.25. The Labute approximate surface area is 117 Å². The van der Waals surface area contributed by atoms with Gasteiger partial charge in [0.15, 0.2) is 0 Å². The minimum Gasteiger partial charge on any atom is -0.477 e. The number of aromatic nitrogens is 2. The van der Waals surface area contributed by atoms with Gasteiger partial charge < -0.3 is 9.84 Å². The number of aromatic amines is 1. The summed E-state index contributed by atoms with van der Waals surface area (Å²) >= 11 is 0. The van der Waals surface area contributed by atoms with E-state index >= 15 is 0 Å². The van der Waals surface area contributed by atoms with Gasteiger partial charge in [-0.3, -0.25) is 5.10 Å². The number of nitrogens with zero attached hydrogens (tertiary/aromatic N) is 1. The summed E-state index contributed by atoms with van der Waals surface area (Å²) in [6.07, 6.45) is 0.771. The first-order valence-electron chi connectivity index (χ1n) is 6.34. The molecule has 0 unspecified atom stereocenters. The van der Waals surface area contributed by atoms with Crippen LogP contribution in [0.3, 0.4) is 0 Å². The Morgan fingerprint density at radius 1 is 1.40 bits per heavy atom. The molecule has 1 aromatic heterocycles. The molecule has 0 radical (unpaired) electrons. The zero-order valence-corrected chi connectivity index (χ0v) is 11.8. The summed E-state index contributed by atoms with van der Waals surface area (Å²) in [5.74, 6) is -1.01. The molecule has 5 nitrogen and oxygen atoms in total. The molecule has 0 aliphatic heterocycles. The number of hydrogen-bond donors (Lipinski definition) is 2. The molecule has 1 aromatic carbocycles. The quantitative estimate of drug-likeness (QED) is 0.879. The molecular weight excluding hydrogens is 256 g/mol. The highest BCUT2D eigenvalue weighted by Crippen LogP contribution is 2.22. The number of benzene rings is 1. The average Bonchev–Trinajstić information content (AvgIpc) is 2.88. The summed E-state index contributed by atoms with van der Waals surface area (Å²) in [7, 11) is 1.69. The van der Waals surface area contributed by atoms with Gasteiger partial charge in [0, 0.05) is 19.1 Å². The lowest BCUT2D eigenvalue weighted by Gasteiger charge is -2.23. The number of hydrogen-bond acceptors (Lipinski definition) is 3. The van der Waals surface area contributed by atoms with Crippen LogP contribution in [0.4, 0.5) is 0 Å². The number of carbonyl (C=O) groups is 1. The second-order valence-corrected chi connectivity index (χ2v) is 5.31. The molecule has 0 atom stereocenters. The molecule has 2 aromatic rings. The Morgan fingerprint density at radius 2 is 2.15 bits per heavy atom. The van der Waals surface area contributed by atoms with Gasteiger partial charge >= 0.3 is 5.97 Å². The van der Waals surface area contributed by atoms with Crippen molar-refractivity contribution in [3.05, 3.63) is 41.6 Å². The fourth-order valence-electron chi connectivity index (χ4n) is 1.98. The Morgan fingerprint density at radius 3 is 2.75 bits per heavy atom. The predicted molar refractivity (Wildman–Crippen MR) is 75.8 cm³/mol. The molecule has 0 saturated heterocycles. The molecule has 2 N–H and O–H groups in total. The van der Waals surface area contributed by atoms with Crippen LogP contribution in [0.15, 0.2) is 30.3 Å². The predicted octanol–water partition coefficient (Wildman–Crippen LogP) is 2.74. The Balaban J connectivity index is 2.27. The molecule has 1 heterocycles. The number of methoxy groups -OCH3 is 1. The van der Waals surface area contributed by atoms with Crippen LogP contribution in [0.2, 0.25) is 0 Å². The van der Waals surface area contributed by atoms with Crippen molar-refractivity contribution < 1.29 is 14.6 Å². The van der Waals surface area contributed by atoms with Gasteiger partial charge in [0.2, 0.25) is 0 Å². The normalized spacial score (nSPS) is 11.6. The van der Waals surface area contributed by atoms with Crippen LogP contribution < -0.4 is 0 Å². The number of ether oxygens (including phenoxy) is 1. The molecule has 0 spiro atoms. The number of H-pyrrole nitrogens is 1. The van der Waals surface area contributed by atoms with Gasteiger partial charge in [-0.1, -0.05) is 18.2 Å². The highest BCUT2D eigenvalue weighted by Gasteiger charge is 2.17. The molecule has 0 saturated carbocycles. The van der Waals surface area contributed by atoms with Crippen LogP contribution in [-0.4, -0.2) is 34.0 Å². The van der Waals surface area contributed by atoms with Crippen molar-refractivity contribution >= 4 is 5.97 Å². The highest BCUT2D eigenvalue weighted by atomic mass is 16.5. The molecule has 5 heteroatoms. The standard InChI is InChI=1S/C15H18N2O3/c1-15(2,20-3)9-10-5-4-6-11(7-10)12-8-13(14(18)19)17-16-12/h4-8H,9H2,1-3H3,(H,16,17)(H,18,19). The average molecular weight is 274 g/mol. The summed E-state index contributed by atoms with van der Waals surface area (Å²) in [6.45, 7) is 4.05. The maximum atomic E-state index is 10.9. The Hall–Kier alpha value is -2.14. The molecule has 0 aliphatic carbocycles. The minimum atomic E-state index is -1.01. The second-order valence-electron chi connectivity index (χ2n) is 5.31. The van der Waals surface area contributed by atoms with E-state index in [1.807, 2.05) is 38.1 Å². The van der Waals surface area contributed by atoms with Crippen molar-refractivity contribution in [2.24, 2.45) is 0 Å². The van der Waals surface area contributed by atoms with E-state index in [1.165, 1.54) is 6.07 Å². The van der Waals surface area contributed by atoms with Gasteiger partial charge in [-0.15, -0.1) is 0 Å². The van der Waals surface area contributed by atoms with E-state index in [2.05, 4.69) is 10.2 Å². The zero-order valence-electron chi connectivity index (χ0n) is 11.8. The van der Waals surface area contributed by atoms with E-state index in [0.29, 0.717) is 5.69 Å². The number of rotatable bonds is 5. The largest absolute Gasteiger partial charge is 0.477 e. The third-order valence-corrected chi connectivity index (χ3v) is 3.21. The van der Waals surface area contributed by atoms with Gasteiger partial charge in [0.05, 0.1) is 11.3 Å². The van der Waals surface area contributed by atoms with E-state index < -0.39 is 5.97 Å². The summed E-state index contributed by atoms with van der Waals surface area (Å²) in [4.78, 5) is 10.9. The molecular formula is C15H18N2O3. The summed E-state index contributed by atoms with van der Waals surface area (Å²) < 4.78 is 5.42. The van der Waals surface area contributed by atoms with Crippen LogP contribution in [0.5, 0.6) is 0 Å². The fourth-order valence-corrected chi connectivity index (χ4v) is 1.98. The molecule has 0 fully saturated rings. The lowest BCUT2D eigenvalue weighted by atomic mass is 9.96. The molecule has 20 heavy (non-hydrogen) atoms. The number of carboxylic acids is 1. The third kappa shape index (κ3) is 3.24. The number of aromatic carboxylic acids is 1. The third-order valence-electron chi connectivity index (χ3n) is 3.21. The van der Waals surface area contributed by atoms with E-state index in [-0.39, 0.29) is 11.3 Å². The molecule has 106 valence electrons. The van der Waals surface area contributed by atoms with Gasteiger partial charge in [-0.05, 0) is 31.5 Å². The second kappa shape index (κ2) is 5.46. The van der Waals surface area contributed by atoms with Gasteiger partial charge in [-0.2, -0.15) is 5.10 Å². The van der Waals surface area contributed by atoms with E-state index in [0.717, 1.165) is 17.5 Å². The van der Waals surface area contributed by atoms with Gasteiger partial charge in [-0.25, -0.2) is 4.79 Å². The SMILES string of the molecule is COC(C)(C)Cc1cccc(-c2cc(C(=O)O)[nH]n2)c1. The number of nitrogens with one attached hydrogen (secondary N) is 1. The van der Waals surface area contributed by atoms with Crippen molar-refractivity contribution in [2.45, 2.75) is 25.9 Å². The van der Waals surface area contributed by atoms with Crippen LogP contribution in [0, 0.1) is 0 Å². The summed E-state index contributed by atoms with van der Waals surface area (Å²) in [6, 6.07) is 9.40. The van der Waals surface area contributed by atoms with Crippen LogP contribution >= 0.6 is 0 Å². The molecule has 0 aliphatic rings. The zero-order chi connectivity index (χ0) is 14.8. The lowest BCUT2D eigenvalue weighted by molar-refractivity contribution is 0.0232. The van der Waals surface area contributed by atoms with Crippen molar-refractivity contribution in [1.29, 1.82) is 0 Å². The molecule has 2 rings (SSSR count). The maximum Gasteiger partial charge on any atom is 0.353 e. The Bertz CT molecular complexity index is 617. The first-order valence-corrected chi connectivity index (χ1v) is 6.34. The van der Waals surface area contributed by atoms with E-state index in [9.17, 15) is 4.79 Å². The minimum absolute atomic E-state index is 0.0858. The first-order chi connectivity index (χ1) is 9.41. The highest BCUT2D eigenvalue weighted by molar-refractivity contribution is 5.86. The first kappa shape index (κ1) is 14.3. The summed E-state index contributed by atoms with van der Waals surface area (Å²) in [5, 5.41) is 15.4. The van der Waals surface area contributed by atoms with E-state index in [1.54, 1.807) is 7.11 Å². The maximum absolute atomic E-state index is 10.9. The van der Waals surface area contributed by atoms with Crippen LogP contribution in [0.1, 0.15) is 29.9 Å². The summed E-state index contributed by atoms with van der Waals surface area (Å²) in [5.41, 5.74) is 2.48. The van der Waals surface area contributed by atoms with Crippen molar-refractivity contribution in [3.63, 3.8) is 0 Å². The van der Waals surface area contributed by atoms with Crippen LogP contribution in [-0.2, 0) is 11.2 Å². The van der Waals surface area contributed by atoms with Crippen molar-refractivity contribution in [1.82, 2.24) is 10.2 Å². The smallest absolute Gasteiger partial charge is 0.353 e. The molecule has 0 amide bonds. The van der Waals surface area contributed by atoms with E-state index in [4.69, 9.17) is 9.84 Å². The monoisotopic (exact) mass is 274 g/mol. The molecule has 0 bridgehead atoms. The van der Waals surface area contributed by atoms with Gasteiger partial charge in [0.25, 0.3) is 0 Å². The Kier molecular flexibility index (Phi) is 3.90. The topological polar surface area (TPSA) is 75.2 Å². The fraction of sp³-hybridized carbons (Fsp3) is 0.333.